The van der Waals surface area contributed by atoms with Crippen molar-refractivity contribution < 1.29 is 23.1 Å². The minimum Gasteiger partial charge on any atom is -0.481 e. The van der Waals surface area contributed by atoms with Crippen molar-refractivity contribution in [2.24, 2.45) is 5.92 Å². The van der Waals surface area contributed by atoms with Crippen molar-refractivity contribution in [3.8, 4) is 0 Å². The lowest BCUT2D eigenvalue weighted by atomic mass is 9.99. The fraction of sp³-hybridized carbons (Fsp3) is 0.923. The zero-order valence-corrected chi connectivity index (χ0v) is 13.6. The zero-order valence-electron chi connectivity index (χ0n) is 12.8. The van der Waals surface area contributed by atoms with Gasteiger partial charge in [0.2, 0.25) is 0 Å². The Morgan fingerprint density at radius 1 is 1.24 bits per heavy atom. The summed E-state index contributed by atoms with van der Waals surface area (Å²) in [6, 6.07) is 0. The molecule has 21 heavy (non-hydrogen) atoms. The van der Waals surface area contributed by atoms with Gasteiger partial charge in [-0.2, -0.15) is 17.0 Å². The molecule has 2 saturated heterocycles. The third-order valence-corrected chi connectivity index (χ3v) is 5.94. The van der Waals surface area contributed by atoms with Crippen LogP contribution in [0.25, 0.3) is 0 Å². The molecule has 7 nitrogen and oxygen atoms in total. The Labute approximate surface area is 126 Å². The van der Waals surface area contributed by atoms with E-state index in [1.54, 1.807) is 0 Å². The van der Waals surface area contributed by atoms with Gasteiger partial charge in [-0.25, -0.2) is 0 Å². The van der Waals surface area contributed by atoms with Crippen molar-refractivity contribution in [1.82, 2.24) is 8.61 Å². The zero-order chi connectivity index (χ0) is 15.8. The van der Waals surface area contributed by atoms with Gasteiger partial charge in [0.25, 0.3) is 10.2 Å². The molecule has 2 rings (SSSR count). The molecule has 0 radical (unpaired) electrons. The second-order valence-corrected chi connectivity index (χ2v) is 8.43. The van der Waals surface area contributed by atoms with Crippen molar-refractivity contribution >= 4 is 16.2 Å². The van der Waals surface area contributed by atoms with Gasteiger partial charge in [-0.05, 0) is 33.6 Å². The number of rotatable bonds is 3. The summed E-state index contributed by atoms with van der Waals surface area (Å²) in [5.41, 5.74) is -0.510. The van der Waals surface area contributed by atoms with Crippen molar-refractivity contribution in [3.63, 3.8) is 0 Å². The molecule has 0 spiro atoms. The molecule has 122 valence electrons. The van der Waals surface area contributed by atoms with E-state index in [-0.39, 0.29) is 19.2 Å². The average molecular weight is 320 g/mol. The van der Waals surface area contributed by atoms with E-state index in [0.29, 0.717) is 25.9 Å². The highest BCUT2D eigenvalue weighted by molar-refractivity contribution is 7.86. The molecular weight excluding hydrogens is 296 g/mol. The molecule has 0 aromatic heterocycles. The van der Waals surface area contributed by atoms with Gasteiger partial charge in [0, 0.05) is 26.2 Å². The quantitative estimate of drug-likeness (QED) is 0.819. The number of nitrogens with zero attached hydrogens (tertiary/aromatic N) is 2. The molecule has 2 heterocycles. The van der Waals surface area contributed by atoms with Crippen molar-refractivity contribution in [2.75, 3.05) is 26.2 Å². The fourth-order valence-corrected chi connectivity index (χ4v) is 4.94. The molecule has 0 bridgehead atoms. The van der Waals surface area contributed by atoms with Gasteiger partial charge in [-0.1, -0.05) is 0 Å². The molecular formula is C13H24N2O5S. The molecule has 1 atom stereocenters. The van der Waals surface area contributed by atoms with Crippen LogP contribution in [0.15, 0.2) is 0 Å². The molecule has 1 N–H and O–H groups in total. The van der Waals surface area contributed by atoms with E-state index in [4.69, 9.17) is 9.84 Å². The average Bonchev–Trinajstić information content (AvgIpc) is 2.36. The van der Waals surface area contributed by atoms with E-state index in [2.05, 4.69) is 0 Å². The Bertz CT molecular complexity index is 497. The second kappa shape index (κ2) is 5.83. The Balaban J connectivity index is 2.07. The number of piperidine rings is 1. The predicted octanol–water partition coefficient (Wildman–Crippen LogP) is 0.527. The second-order valence-electron chi connectivity index (χ2n) is 6.50. The molecule has 1 unspecified atom stereocenters. The smallest absolute Gasteiger partial charge is 0.306 e. The van der Waals surface area contributed by atoms with Crippen LogP contribution in [-0.2, 0) is 19.7 Å². The molecule has 2 aliphatic heterocycles. The Morgan fingerprint density at radius 3 is 2.29 bits per heavy atom. The van der Waals surface area contributed by atoms with Crippen LogP contribution in [-0.4, -0.2) is 66.0 Å². The normalized spacial score (nSPS) is 29.4. The first-order chi connectivity index (χ1) is 9.62. The molecule has 0 aromatic rings. The minimum absolute atomic E-state index is 0.153. The lowest BCUT2D eigenvalue weighted by Gasteiger charge is -2.43. The molecule has 2 fully saturated rings. The van der Waals surface area contributed by atoms with Gasteiger partial charge in [-0.3, -0.25) is 4.79 Å². The van der Waals surface area contributed by atoms with Crippen LogP contribution in [0.2, 0.25) is 0 Å². The fourth-order valence-electron chi connectivity index (χ4n) is 3.07. The van der Waals surface area contributed by atoms with Gasteiger partial charge in [0.1, 0.15) is 0 Å². The van der Waals surface area contributed by atoms with Crippen LogP contribution in [0.1, 0.15) is 33.6 Å². The van der Waals surface area contributed by atoms with Crippen LogP contribution in [0.4, 0.5) is 0 Å². The largest absolute Gasteiger partial charge is 0.481 e. The van der Waals surface area contributed by atoms with E-state index in [1.807, 2.05) is 20.8 Å². The number of hydrogen-bond donors (Lipinski definition) is 1. The maximum atomic E-state index is 12.7. The number of ether oxygens (including phenoxy) is 1. The van der Waals surface area contributed by atoms with Crippen molar-refractivity contribution in [1.29, 1.82) is 0 Å². The van der Waals surface area contributed by atoms with Gasteiger partial charge in [0.05, 0.1) is 17.6 Å². The number of carbonyl (C=O) groups is 1. The molecule has 8 heteroatoms. The standard InChI is InChI=1S/C13H24N2O5S/c1-10-8-15(9-13(2,3)20-10)21(18,19)14-6-4-11(5-7-14)12(16)17/h10-11H,4-9H2,1-3H3,(H,16,17). The summed E-state index contributed by atoms with van der Waals surface area (Å²) in [5, 5.41) is 8.98. The number of hydrogen-bond acceptors (Lipinski definition) is 4. The minimum atomic E-state index is -3.54. The van der Waals surface area contributed by atoms with Crippen LogP contribution >= 0.6 is 0 Å². The maximum absolute atomic E-state index is 12.7. The van der Waals surface area contributed by atoms with Gasteiger partial charge < -0.3 is 9.84 Å². The van der Waals surface area contributed by atoms with E-state index in [1.165, 1.54) is 8.61 Å². The first kappa shape index (κ1) is 16.7. The molecule has 0 aliphatic carbocycles. The molecule has 0 saturated carbocycles. The van der Waals surface area contributed by atoms with Crippen LogP contribution in [0.5, 0.6) is 0 Å². The highest BCUT2D eigenvalue weighted by Gasteiger charge is 2.41. The molecule has 0 amide bonds. The first-order valence-corrected chi connectivity index (χ1v) is 8.67. The van der Waals surface area contributed by atoms with Crippen molar-refractivity contribution in [3.05, 3.63) is 0 Å². The lowest BCUT2D eigenvalue weighted by Crippen LogP contribution is -2.58. The van der Waals surface area contributed by atoms with Crippen molar-refractivity contribution in [2.45, 2.75) is 45.3 Å². The Hall–Kier alpha value is -0.700. The van der Waals surface area contributed by atoms with E-state index >= 15 is 0 Å². The van der Waals surface area contributed by atoms with Crippen LogP contribution < -0.4 is 0 Å². The van der Waals surface area contributed by atoms with Crippen LogP contribution in [0, 0.1) is 5.92 Å². The monoisotopic (exact) mass is 320 g/mol. The predicted molar refractivity (Wildman–Crippen MR) is 77.1 cm³/mol. The van der Waals surface area contributed by atoms with Gasteiger partial charge in [0.15, 0.2) is 0 Å². The summed E-state index contributed by atoms with van der Waals surface area (Å²) in [4.78, 5) is 10.9. The summed E-state index contributed by atoms with van der Waals surface area (Å²) in [6.45, 7) is 6.81. The van der Waals surface area contributed by atoms with Gasteiger partial charge in [-0.15, -0.1) is 0 Å². The van der Waals surface area contributed by atoms with E-state index in [9.17, 15) is 13.2 Å². The Kier molecular flexibility index (Phi) is 4.63. The molecule has 2 aliphatic rings. The first-order valence-electron chi connectivity index (χ1n) is 7.28. The summed E-state index contributed by atoms with van der Waals surface area (Å²) >= 11 is 0. The summed E-state index contributed by atoms with van der Waals surface area (Å²) < 4.78 is 34.0. The number of carboxylic acid groups (broad SMARTS) is 1. The number of morpholine rings is 1. The third kappa shape index (κ3) is 3.74. The lowest BCUT2D eigenvalue weighted by molar-refractivity contribution is -0.143. The summed E-state index contributed by atoms with van der Waals surface area (Å²) in [5.74, 6) is -1.27. The number of aliphatic carboxylic acids is 1. The van der Waals surface area contributed by atoms with Gasteiger partial charge >= 0.3 is 5.97 Å². The van der Waals surface area contributed by atoms with Crippen LogP contribution in [0.3, 0.4) is 0 Å². The third-order valence-electron chi connectivity index (χ3n) is 3.99. The topological polar surface area (TPSA) is 87.2 Å². The number of carboxylic acids is 1. The SMILES string of the molecule is CC1CN(S(=O)(=O)N2CCC(C(=O)O)CC2)CC(C)(C)O1. The molecule has 0 aromatic carbocycles. The van der Waals surface area contributed by atoms with E-state index < -0.39 is 27.7 Å². The highest BCUT2D eigenvalue weighted by Crippen LogP contribution is 2.27. The maximum Gasteiger partial charge on any atom is 0.306 e. The summed E-state index contributed by atoms with van der Waals surface area (Å²) in [7, 11) is -3.54. The Morgan fingerprint density at radius 2 is 1.81 bits per heavy atom. The highest BCUT2D eigenvalue weighted by atomic mass is 32.2. The summed E-state index contributed by atoms with van der Waals surface area (Å²) in [6.07, 6.45) is 0.593. The van der Waals surface area contributed by atoms with E-state index in [0.717, 1.165) is 0 Å².